The summed E-state index contributed by atoms with van der Waals surface area (Å²) in [5.74, 6) is -0.993. The van der Waals surface area contributed by atoms with Gasteiger partial charge in [-0.05, 0) is 19.9 Å². The minimum atomic E-state index is -0.935. The number of amides is 1. The Morgan fingerprint density at radius 2 is 2.18 bits per heavy atom. The molecule has 0 atom stereocenters. The molecule has 1 rings (SSSR count). The fourth-order valence-corrected chi connectivity index (χ4v) is 2.17. The van der Waals surface area contributed by atoms with E-state index in [0.717, 1.165) is 5.69 Å². The monoisotopic (exact) mass is 256 g/mol. The van der Waals surface area contributed by atoms with Gasteiger partial charge in [0.2, 0.25) is 5.91 Å². The molecule has 1 amide bonds. The molecule has 0 saturated carbocycles. The third-order valence-electron chi connectivity index (χ3n) is 2.25. The number of anilines is 1. The molecule has 0 unspecified atom stereocenters. The van der Waals surface area contributed by atoms with Crippen molar-refractivity contribution in [2.45, 2.75) is 13.8 Å². The van der Waals surface area contributed by atoms with Crippen molar-refractivity contribution >= 4 is 28.9 Å². The standard InChI is InChI=1S/C11H16N2O3S/c1-3-12-10(14)6-13(4-2)8-5-9(11(15)16)17-7-8/h5,7H,3-4,6H2,1-2H3,(H,12,14)(H,15,16). The highest BCUT2D eigenvalue weighted by Crippen LogP contribution is 2.22. The molecule has 0 aromatic carbocycles. The van der Waals surface area contributed by atoms with E-state index in [0.29, 0.717) is 13.1 Å². The first-order valence-corrected chi connectivity index (χ1v) is 6.29. The second kappa shape index (κ2) is 6.24. The number of likely N-dealkylation sites (N-methyl/N-ethyl adjacent to an activating group) is 2. The number of thiophene rings is 1. The molecule has 1 aromatic heterocycles. The van der Waals surface area contributed by atoms with E-state index < -0.39 is 5.97 Å². The topological polar surface area (TPSA) is 69.6 Å². The Morgan fingerprint density at radius 3 is 2.65 bits per heavy atom. The van der Waals surface area contributed by atoms with Crippen LogP contribution in [0.3, 0.4) is 0 Å². The average molecular weight is 256 g/mol. The largest absolute Gasteiger partial charge is 0.477 e. The molecule has 0 spiro atoms. The summed E-state index contributed by atoms with van der Waals surface area (Å²) >= 11 is 1.17. The number of carboxylic acid groups (broad SMARTS) is 1. The number of carbonyl (C=O) groups is 2. The van der Waals surface area contributed by atoms with E-state index in [4.69, 9.17) is 5.11 Å². The van der Waals surface area contributed by atoms with Crippen molar-refractivity contribution in [3.05, 3.63) is 16.3 Å². The van der Waals surface area contributed by atoms with Crippen molar-refractivity contribution in [1.29, 1.82) is 0 Å². The smallest absolute Gasteiger partial charge is 0.345 e. The summed E-state index contributed by atoms with van der Waals surface area (Å²) in [6.07, 6.45) is 0. The highest BCUT2D eigenvalue weighted by molar-refractivity contribution is 7.12. The Balaban J connectivity index is 2.72. The number of hydrogen-bond donors (Lipinski definition) is 2. The molecule has 0 fully saturated rings. The fraction of sp³-hybridized carbons (Fsp3) is 0.455. The molecule has 5 nitrogen and oxygen atoms in total. The third-order valence-corrected chi connectivity index (χ3v) is 3.16. The van der Waals surface area contributed by atoms with Crippen molar-refractivity contribution in [3.8, 4) is 0 Å². The van der Waals surface area contributed by atoms with Crippen LogP contribution in [0.5, 0.6) is 0 Å². The number of rotatable bonds is 6. The van der Waals surface area contributed by atoms with E-state index in [1.54, 1.807) is 11.4 Å². The third kappa shape index (κ3) is 3.74. The summed E-state index contributed by atoms with van der Waals surface area (Å²) in [6, 6.07) is 1.59. The molecule has 0 aliphatic heterocycles. The molecule has 0 aliphatic rings. The van der Waals surface area contributed by atoms with Gasteiger partial charge in [0.05, 0.1) is 6.54 Å². The molecule has 1 heterocycles. The van der Waals surface area contributed by atoms with E-state index in [9.17, 15) is 9.59 Å². The van der Waals surface area contributed by atoms with Gasteiger partial charge in [0.25, 0.3) is 0 Å². The predicted octanol–water partition coefficient (Wildman–Crippen LogP) is 1.41. The van der Waals surface area contributed by atoms with Gasteiger partial charge in [-0.2, -0.15) is 0 Å². The Labute approximate surface area is 104 Å². The quantitative estimate of drug-likeness (QED) is 0.807. The fourth-order valence-electron chi connectivity index (χ4n) is 1.42. The molecule has 17 heavy (non-hydrogen) atoms. The maximum atomic E-state index is 11.5. The Hall–Kier alpha value is -1.56. The normalized spacial score (nSPS) is 10.0. The van der Waals surface area contributed by atoms with Crippen LogP contribution in [0, 0.1) is 0 Å². The summed E-state index contributed by atoms with van der Waals surface area (Å²) in [6.45, 7) is 5.30. The molecule has 0 aliphatic carbocycles. The van der Waals surface area contributed by atoms with Crippen LogP contribution >= 0.6 is 11.3 Å². The highest BCUT2D eigenvalue weighted by Gasteiger charge is 2.13. The molecule has 6 heteroatoms. The van der Waals surface area contributed by atoms with Gasteiger partial charge >= 0.3 is 5.97 Å². The van der Waals surface area contributed by atoms with Crippen molar-refractivity contribution in [2.75, 3.05) is 24.5 Å². The lowest BCUT2D eigenvalue weighted by molar-refractivity contribution is -0.119. The van der Waals surface area contributed by atoms with Gasteiger partial charge < -0.3 is 15.3 Å². The molecule has 1 aromatic rings. The van der Waals surface area contributed by atoms with Crippen LogP contribution in [0.4, 0.5) is 5.69 Å². The maximum Gasteiger partial charge on any atom is 0.345 e. The lowest BCUT2D eigenvalue weighted by atomic mass is 10.3. The number of carboxylic acids is 1. The number of nitrogens with zero attached hydrogens (tertiary/aromatic N) is 1. The SMILES string of the molecule is CCNC(=O)CN(CC)c1csc(C(=O)O)c1. The zero-order valence-electron chi connectivity index (χ0n) is 9.90. The summed E-state index contributed by atoms with van der Waals surface area (Å²) in [7, 11) is 0. The second-order valence-electron chi connectivity index (χ2n) is 3.44. The molecule has 94 valence electrons. The van der Waals surface area contributed by atoms with Gasteiger partial charge in [0, 0.05) is 24.2 Å². The maximum absolute atomic E-state index is 11.5. The van der Waals surface area contributed by atoms with Gasteiger partial charge in [0.1, 0.15) is 4.88 Å². The molecule has 0 saturated heterocycles. The predicted molar refractivity (Wildman–Crippen MR) is 67.8 cm³/mol. The molecule has 2 N–H and O–H groups in total. The van der Waals surface area contributed by atoms with Crippen molar-refractivity contribution in [1.82, 2.24) is 5.32 Å². The van der Waals surface area contributed by atoms with Gasteiger partial charge in [-0.15, -0.1) is 11.3 Å². The molecule has 0 radical (unpaired) electrons. The van der Waals surface area contributed by atoms with Crippen LogP contribution in [-0.4, -0.2) is 36.6 Å². The second-order valence-corrected chi connectivity index (χ2v) is 4.35. The van der Waals surface area contributed by atoms with E-state index in [-0.39, 0.29) is 17.3 Å². The van der Waals surface area contributed by atoms with Crippen LogP contribution in [0.25, 0.3) is 0 Å². The Kier molecular flexibility index (Phi) is 4.96. The van der Waals surface area contributed by atoms with Gasteiger partial charge in [-0.1, -0.05) is 0 Å². The first-order chi connectivity index (χ1) is 8.08. The van der Waals surface area contributed by atoms with Crippen LogP contribution in [0.2, 0.25) is 0 Å². The zero-order chi connectivity index (χ0) is 12.8. The number of nitrogens with one attached hydrogen (secondary N) is 1. The van der Waals surface area contributed by atoms with Gasteiger partial charge in [-0.3, -0.25) is 4.79 Å². The van der Waals surface area contributed by atoms with Crippen LogP contribution in [0.15, 0.2) is 11.4 Å². The Morgan fingerprint density at radius 1 is 1.47 bits per heavy atom. The van der Waals surface area contributed by atoms with Crippen LogP contribution < -0.4 is 10.2 Å². The summed E-state index contributed by atoms with van der Waals surface area (Å²) in [5, 5.41) is 13.3. The first-order valence-electron chi connectivity index (χ1n) is 5.42. The zero-order valence-corrected chi connectivity index (χ0v) is 10.7. The van der Waals surface area contributed by atoms with Gasteiger partial charge in [-0.25, -0.2) is 4.79 Å². The van der Waals surface area contributed by atoms with Crippen molar-refractivity contribution in [3.63, 3.8) is 0 Å². The minimum absolute atomic E-state index is 0.0579. The van der Waals surface area contributed by atoms with E-state index >= 15 is 0 Å². The van der Waals surface area contributed by atoms with E-state index in [1.807, 2.05) is 18.7 Å². The number of aromatic carboxylic acids is 1. The Bertz CT molecular complexity index is 403. The van der Waals surface area contributed by atoms with Gasteiger partial charge in [0.15, 0.2) is 0 Å². The van der Waals surface area contributed by atoms with E-state index in [1.165, 1.54) is 11.3 Å². The molecular weight excluding hydrogens is 240 g/mol. The molecule has 0 bridgehead atoms. The minimum Gasteiger partial charge on any atom is -0.477 e. The lowest BCUT2D eigenvalue weighted by Crippen LogP contribution is -2.36. The average Bonchev–Trinajstić information content (AvgIpc) is 2.75. The highest BCUT2D eigenvalue weighted by atomic mass is 32.1. The number of hydrogen-bond acceptors (Lipinski definition) is 4. The van der Waals surface area contributed by atoms with Crippen LogP contribution in [0.1, 0.15) is 23.5 Å². The lowest BCUT2D eigenvalue weighted by Gasteiger charge is -2.20. The first kappa shape index (κ1) is 13.5. The summed E-state index contributed by atoms with van der Waals surface area (Å²) < 4.78 is 0. The van der Waals surface area contributed by atoms with E-state index in [2.05, 4.69) is 5.32 Å². The molecular formula is C11H16N2O3S. The summed E-state index contributed by atoms with van der Waals surface area (Å²) in [5.41, 5.74) is 0.779. The number of carbonyl (C=O) groups excluding carboxylic acids is 1. The van der Waals surface area contributed by atoms with Crippen molar-refractivity contribution in [2.24, 2.45) is 0 Å². The summed E-state index contributed by atoms with van der Waals surface area (Å²) in [4.78, 5) is 24.4. The van der Waals surface area contributed by atoms with Crippen molar-refractivity contribution < 1.29 is 14.7 Å². The van der Waals surface area contributed by atoms with Crippen LogP contribution in [-0.2, 0) is 4.79 Å².